The van der Waals surface area contributed by atoms with E-state index in [1.165, 1.54) is 16.4 Å². The lowest BCUT2D eigenvalue weighted by molar-refractivity contribution is -0.0328. The van der Waals surface area contributed by atoms with Crippen LogP contribution in [0.15, 0.2) is 62.8 Å². The van der Waals surface area contributed by atoms with Gasteiger partial charge in [-0.05, 0) is 73.1 Å². The summed E-state index contributed by atoms with van der Waals surface area (Å²) in [7, 11) is -3.52. The molecule has 28 heavy (non-hydrogen) atoms. The van der Waals surface area contributed by atoms with E-state index in [0.29, 0.717) is 25.9 Å². The monoisotopic (exact) mass is 494 g/mol. The number of benzene rings is 2. The molecule has 0 saturated carbocycles. The highest BCUT2D eigenvalue weighted by Gasteiger charge is 2.30. The number of hydrogen-bond acceptors (Lipinski definition) is 4. The minimum absolute atomic E-state index is 0.0671. The fraction of sp³-hybridized carbons (Fsp3) is 0.333. The van der Waals surface area contributed by atoms with E-state index in [4.69, 9.17) is 0 Å². The highest BCUT2D eigenvalue weighted by atomic mass is 79.9. The lowest BCUT2D eigenvalue weighted by Crippen LogP contribution is -2.42. The smallest absolute Gasteiger partial charge is 0.382 e. The summed E-state index contributed by atoms with van der Waals surface area (Å²) >= 11 is 3.15. The fourth-order valence-electron chi connectivity index (χ4n) is 2.98. The van der Waals surface area contributed by atoms with Crippen LogP contribution in [0.25, 0.3) is 0 Å². The Kier molecular flexibility index (Phi) is 6.63. The maximum absolute atomic E-state index is 12.7. The Morgan fingerprint density at radius 1 is 1.00 bits per heavy atom. The van der Waals surface area contributed by atoms with Gasteiger partial charge in [-0.3, -0.25) is 0 Å². The predicted molar refractivity (Wildman–Crippen MR) is 108 cm³/mol. The Morgan fingerprint density at radius 3 is 2.11 bits per heavy atom. The van der Waals surface area contributed by atoms with Crippen molar-refractivity contribution < 1.29 is 21.6 Å². The summed E-state index contributed by atoms with van der Waals surface area (Å²) in [5, 5.41) is 3.27. The zero-order chi connectivity index (χ0) is 20.4. The third kappa shape index (κ3) is 5.65. The second-order valence-electron chi connectivity index (χ2n) is 6.35. The zero-order valence-corrected chi connectivity index (χ0v) is 17.8. The summed E-state index contributed by atoms with van der Waals surface area (Å²) in [6, 6.07) is 12.7. The summed E-state index contributed by atoms with van der Waals surface area (Å²) < 4.78 is 64.8. The van der Waals surface area contributed by atoms with Crippen LogP contribution in [0.2, 0.25) is 0 Å². The van der Waals surface area contributed by atoms with Gasteiger partial charge in [-0.1, -0.05) is 15.9 Å². The lowest BCUT2D eigenvalue weighted by atomic mass is 10.1. The van der Waals surface area contributed by atoms with Gasteiger partial charge in [0, 0.05) is 34.2 Å². The van der Waals surface area contributed by atoms with E-state index < -0.39 is 15.5 Å². The number of nitrogens with one attached hydrogen (secondary N) is 1. The molecule has 0 amide bonds. The molecule has 0 unspecified atom stereocenters. The molecule has 2 aromatic carbocycles. The Morgan fingerprint density at radius 2 is 1.57 bits per heavy atom. The minimum atomic E-state index is -4.30. The zero-order valence-electron chi connectivity index (χ0n) is 14.6. The summed E-state index contributed by atoms with van der Waals surface area (Å²) in [5.41, 5.74) is -3.58. The molecule has 0 atom stereocenters. The van der Waals surface area contributed by atoms with Gasteiger partial charge in [0.25, 0.3) is 0 Å². The van der Waals surface area contributed by atoms with E-state index in [9.17, 15) is 21.6 Å². The molecular formula is C18H18BrF3N2O2S2. The SMILES string of the molecule is O=S(=O)(c1ccc(Br)cc1)N1CCC(Nc2ccc(SC(F)(F)F)cc2)CC1. The number of sulfonamides is 1. The second kappa shape index (κ2) is 8.64. The highest BCUT2D eigenvalue weighted by Crippen LogP contribution is 2.37. The standard InChI is InChI=1S/C18H18BrF3N2O2S2/c19-13-1-7-17(8-2-13)28(25,26)24-11-9-15(10-12-24)23-14-3-5-16(6-4-14)27-18(20,21)22/h1-8,15,23H,9-12H2. The first-order valence-electron chi connectivity index (χ1n) is 8.51. The van der Waals surface area contributed by atoms with Crippen LogP contribution < -0.4 is 5.32 Å². The molecular weight excluding hydrogens is 477 g/mol. The van der Waals surface area contributed by atoms with E-state index in [2.05, 4.69) is 21.2 Å². The van der Waals surface area contributed by atoms with Crippen molar-refractivity contribution in [3.05, 3.63) is 53.0 Å². The fourth-order valence-corrected chi connectivity index (χ4v) is 5.26. The van der Waals surface area contributed by atoms with Crippen molar-refractivity contribution in [2.45, 2.75) is 34.2 Å². The second-order valence-corrected chi connectivity index (χ2v) is 10.3. The molecule has 0 radical (unpaired) electrons. The number of hydrogen-bond donors (Lipinski definition) is 1. The molecule has 1 fully saturated rings. The Balaban J connectivity index is 1.56. The van der Waals surface area contributed by atoms with Crippen LogP contribution in [-0.4, -0.2) is 37.4 Å². The van der Waals surface area contributed by atoms with Crippen molar-refractivity contribution in [1.82, 2.24) is 4.31 Å². The highest BCUT2D eigenvalue weighted by molar-refractivity contribution is 9.10. The number of rotatable bonds is 5. The predicted octanol–water partition coefficient (Wildman–Crippen LogP) is 5.33. The number of nitrogens with zero attached hydrogens (tertiary/aromatic N) is 1. The van der Waals surface area contributed by atoms with Crippen LogP contribution in [0.1, 0.15) is 12.8 Å². The van der Waals surface area contributed by atoms with Crippen LogP contribution in [0, 0.1) is 0 Å². The van der Waals surface area contributed by atoms with Gasteiger partial charge >= 0.3 is 5.51 Å². The van der Waals surface area contributed by atoms with Gasteiger partial charge in [-0.2, -0.15) is 17.5 Å². The molecule has 1 aliphatic heterocycles. The summed E-state index contributed by atoms with van der Waals surface area (Å²) in [6.45, 7) is 0.774. The first-order valence-corrected chi connectivity index (χ1v) is 11.6. The Labute approximate surface area is 174 Å². The average molecular weight is 495 g/mol. The molecule has 152 valence electrons. The van der Waals surface area contributed by atoms with Crippen LogP contribution in [-0.2, 0) is 10.0 Å². The van der Waals surface area contributed by atoms with Gasteiger partial charge in [-0.15, -0.1) is 0 Å². The van der Waals surface area contributed by atoms with E-state index >= 15 is 0 Å². The molecule has 1 heterocycles. The number of halogens is 4. The molecule has 1 aliphatic rings. The molecule has 0 aliphatic carbocycles. The third-order valence-electron chi connectivity index (χ3n) is 4.36. The quantitative estimate of drug-likeness (QED) is 0.571. The lowest BCUT2D eigenvalue weighted by Gasteiger charge is -2.32. The molecule has 3 rings (SSSR count). The van der Waals surface area contributed by atoms with Gasteiger partial charge in [0.05, 0.1) is 4.90 Å². The van der Waals surface area contributed by atoms with Crippen molar-refractivity contribution in [3.8, 4) is 0 Å². The molecule has 0 bridgehead atoms. The topological polar surface area (TPSA) is 49.4 Å². The number of alkyl halides is 3. The number of thioether (sulfide) groups is 1. The molecule has 1 N–H and O–H groups in total. The first kappa shape index (κ1) is 21.5. The molecule has 10 heteroatoms. The Hall–Kier alpha value is -1.23. The van der Waals surface area contributed by atoms with Gasteiger partial charge in [0.2, 0.25) is 10.0 Å². The van der Waals surface area contributed by atoms with Gasteiger partial charge in [-0.25, -0.2) is 8.42 Å². The molecule has 2 aromatic rings. The third-order valence-corrected chi connectivity index (χ3v) is 7.54. The first-order chi connectivity index (χ1) is 13.1. The van der Waals surface area contributed by atoms with Crippen molar-refractivity contribution in [1.29, 1.82) is 0 Å². The minimum Gasteiger partial charge on any atom is -0.382 e. The van der Waals surface area contributed by atoms with Crippen LogP contribution in [0.4, 0.5) is 18.9 Å². The van der Waals surface area contributed by atoms with Crippen LogP contribution >= 0.6 is 27.7 Å². The van der Waals surface area contributed by atoms with E-state index in [1.54, 1.807) is 36.4 Å². The van der Waals surface area contributed by atoms with E-state index in [1.807, 2.05) is 0 Å². The number of anilines is 1. The van der Waals surface area contributed by atoms with Crippen LogP contribution in [0.5, 0.6) is 0 Å². The van der Waals surface area contributed by atoms with E-state index in [0.717, 1.165) is 10.2 Å². The normalized spacial score (nSPS) is 16.9. The maximum Gasteiger partial charge on any atom is 0.446 e. The summed E-state index contributed by atoms with van der Waals surface area (Å²) in [4.78, 5) is 0.397. The van der Waals surface area contributed by atoms with E-state index in [-0.39, 0.29) is 27.6 Å². The largest absolute Gasteiger partial charge is 0.446 e. The van der Waals surface area contributed by atoms with Crippen LogP contribution in [0.3, 0.4) is 0 Å². The van der Waals surface area contributed by atoms with Crippen molar-refractivity contribution in [3.63, 3.8) is 0 Å². The van der Waals surface area contributed by atoms with Gasteiger partial charge in [0.15, 0.2) is 0 Å². The number of piperidine rings is 1. The summed E-state index contributed by atoms with van der Waals surface area (Å²) in [5.74, 6) is 0. The average Bonchev–Trinajstić information content (AvgIpc) is 2.63. The van der Waals surface area contributed by atoms with Gasteiger partial charge < -0.3 is 5.32 Å². The molecule has 4 nitrogen and oxygen atoms in total. The van der Waals surface area contributed by atoms with Crippen molar-refractivity contribution >= 4 is 43.4 Å². The molecule has 1 saturated heterocycles. The van der Waals surface area contributed by atoms with Gasteiger partial charge in [0.1, 0.15) is 0 Å². The Bertz CT molecular complexity index is 896. The maximum atomic E-state index is 12.7. The molecule has 0 spiro atoms. The van der Waals surface area contributed by atoms with Crippen molar-refractivity contribution in [2.75, 3.05) is 18.4 Å². The molecule has 0 aromatic heterocycles. The summed E-state index contributed by atoms with van der Waals surface area (Å²) in [6.07, 6.45) is 1.24. The van der Waals surface area contributed by atoms with Crippen molar-refractivity contribution in [2.24, 2.45) is 0 Å².